The minimum atomic E-state index is 0.00812. The summed E-state index contributed by atoms with van der Waals surface area (Å²) in [7, 11) is 1.02. The Bertz CT molecular complexity index is 254. The molecule has 1 saturated carbocycles. The van der Waals surface area contributed by atoms with Gasteiger partial charge in [0.15, 0.2) is 0 Å². The average Bonchev–Trinajstić information content (AvgIpc) is 2.50. The van der Waals surface area contributed by atoms with Crippen molar-refractivity contribution in [1.82, 2.24) is 20.9 Å². The van der Waals surface area contributed by atoms with Crippen molar-refractivity contribution in [1.29, 1.82) is 0 Å². The van der Waals surface area contributed by atoms with Crippen LogP contribution in [-0.2, 0) is 0 Å². The first-order valence-corrected chi connectivity index (χ1v) is 9.64. The highest BCUT2D eigenvalue weighted by Crippen LogP contribution is 2.33. The van der Waals surface area contributed by atoms with Gasteiger partial charge >= 0.3 is 0 Å². The molecule has 0 saturated heterocycles. The van der Waals surface area contributed by atoms with Crippen molar-refractivity contribution in [2.45, 2.75) is 77.0 Å². The molecule has 1 aliphatic carbocycles. The summed E-state index contributed by atoms with van der Waals surface area (Å²) in [4.78, 5) is 3.76. The summed E-state index contributed by atoms with van der Waals surface area (Å²) in [5.74, 6) is 0. The van der Waals surface area contributed by atoms with Crippen LogP contribution in [0, 0.1) is 0 Å². The molecule has 1 fully saturated rings. The molecule has 0 aliphatic heterocycles. The second-order valence-corrected chi connectivity index (χ2v) is 6.55. The van der Waals surface area contributed by atoms with Gasteiger partial charge in [-0.25, -0.2) is 0 Å². The lowest BCUT2D eigenvalue weighted by molar-refractivity contribution is 0.0336. The Kier molecular flexibility index (Phi) is 8.29. The second-order valence-electron chi connectivity index (χ2n) is 6.05. The molecule has 0 aromatic heterocycles. The Labute approximate surface area is 128 Å². The summed E-state index contributed by atoms with van der Waals surface area (Å²) in [5.41, 5.74) is 0.0337. The van der Waals surface area contributed by atoms with Crippen LogP contribution in [0.5, 0.6) is 0 Å². The highest BCUT2D eigenvalue weighted by atomic mass is 28.2. The van der Waals surface area contributed by atoms with Crippen molar-refractivity contribution in [3.63, 3.8) is 0 Å². The van der Waals surface area contributed by atoms with Gasteiger partial charge in [-0.2, -0.15) is 0 Å². The van der Waals surface area contributed by atoms with Gasteiger partial charge in [0, 0.05) is 0 Å². The first kappa shape index (κ1) is 18.1. The molecular weight excluding hydrogens is 264 g/mol. The predicted molar refractivity (Wildman–Crippen MR) is 91.9 cm³/mol. The van der Waals surface area contributed by atoms with Crippen LogP contribution in [0.3, 0.4) is 0 Å². The first-order valence-electron chi connectivity index (χ1n) is 8.64. The van der Waals surface area contributed by atoms with E-state index in [-0.39, 0.29) is 11.3 Å². The second kappa shape index (κ2) is 9.15. The minimum absolute atomic E-state index is 0.00812. The van der Waals surface area contributed by atoms with E-state index in [1.54, 1.807) is 0 Å². The summed E-state index contributed by atoms with van der Waals surface area (Å²) in [6.45, 7) is 9.98. The summed E-state index contributed by atoms with van der Waals surface area (Å²) < 4.78 is 0. The zero-order valence-corrected chi connectivity index (χ0v) is 16.1. The van der Waals surface area contributed by atoms with Crippen LogP contribution in [0.15, 0.2) is 0 Å². The number of rotatable bonds is 10. The standard InChI is InChI=1S/C15H36N4Si/c1-4-11-16-14(17-12-5-2)9-7-8-10-15(14,19-20)18-13-6-3/h16-19H,4-13H2,1-3,20H3. The molecule has 0 radical (unpaired) electrons. The lowest BCUT2D eigenvalue weighted by atomic mass is 9.78. The van der Waals surface area contributed by atoms with Gasteiger partial charge in [0.25, 0.3) is 0 Å². The van der Waals surface area contributed by atoms with E-state index < -0.39 is 0 Å². The Hall–Kier alpha value is 0.0569. The predicted octanol–water partition coefficient (Wildman–Crippen LogP) is 0.822. The third-order valence-electron chi connectivity index (χ3n) is 4.54. The molecule has 0 aromatic rings. The van der Waals surface area contributed by atoms with Gasteiger partial charge in [0.1, 0.15) is 5.66 Å². The normalized spacial score (nSPS) is 25.9. The quantitative estimate of drug-likeness (QED) is 0.356. The molecule has 5 heteroatoms. The zero-order chi connectivity index (χ0) is 14.9. The van der Waals surface area contributed by atoms with E-state index in [9.17, 15) is 0 Å². The van der Waals surface area contributed by atoms with E-state index in [2.05, 4.69) is 41.7 Å². The van der Waals surface area contributed by atoms with Crippen molar-refractivity contribution in [3.8, 4) is 0 Å². The van der Waals surface area contributed by atoms with Gasteiger partial charge < -0.3 is 4.98 Å². The fourth-order valence-electron chi connectivity index (χ4n) is 3.43. The maximum atomic E-state index is 3.86. The summed E-state index contributed by atoms with van der Waals surface area (Å²) in [6, 6.07) is 0. The lowest BCUT2D eigenvalue weighted by Crippen LogP contribution is -2.81. The maximum Gasteiger partial charge on any atom is 0.100 e. The fraction of sp³-hybridized carbons (Fsp3) is 1.00. The number of hydrogen-bond acceptors (Lipinski definition) is 4. The highest BCUT2D eigenvalue weighted by molar-refractivity contribution is 6.05. The fourth-order valence-corrected chi connectivity index (χ4v) is 4.28. The Balaban J connectivity index is 2.95. The van der Waals surface area contributed by atoms with E-state index in [4.69, 9.17) is 0 Å². The molecule has 1 atom stereocenters. The van der Waals surface area contributed by atoms with E-state index in [0.29, 0.717) is 0 Å². The summed E-state index contributed by atoms with van der Waals surface area (Å²) in [5, 5.41) is 11.6. The smallest absolute Gasteiger partial charge is 0.100 e. The molecule has 0 amide bonds. The number of hydrogen-bond donors (Lipinski definition) is 4. The van der Waals surface area contributed by atoms with Crippen LogP contribution in [0.2, 0.25) is 0 Å². The molecule has 1 rings (SSSR count). The molecular formula is C15H36N4Si. The van der Waals surface area contributed by atoms with E-state index >= 15 is 0 Å². The maximum absolute atomic E-state index is 3.86. The minimum Gasteiger partial charge on any atom is -0.326 e. The largest absolute Gasteiger partial charge is 0.326 e. The molecule has 0 bridgehead atoms. The molecule has 1 aliphatic rings. The van der Waals surface area contributed by atoms with Gasteiger partial charge in [0.2, 0.25) is 0 Å². The molecule has 4 nitrogen and oxygen atoms in total. The SMILES string of the molecule is CCCNC1(N[SiH3])CCCCC1(NCCC)NCCC. The number of nitrogens with one attached hydrogen (secondary N) is 4. The molecule has 0 heterocycles. The third-order valence-corrected chi connectivity index (χ3v) is 5.39. The topological polar surface area (TPSA) is 48.1 Å². The van der Waals surface area contributed by atoms with Gasteiger partial charge in [0.05, 0.1) is 16.1 Å². The molecule has 4 N–H and O–H groups in total. The van der Waals surface area contributed by atoms with Crippen LogP contribution >= 0.6 is 0 Å². The lowest BCUT2D eigenvalue weighted by Gasteiger charge is -2.55. The molecule has 0 spiro atoms. The Morgan fingerprint density at radius 1 is 0.750 bits per heavy atom. The van der Waals surface area contributed by atoms with E-state index in [1.165, 1.54) is 44.9 Å². The van der Waals surface area contributed by atoms with E-state index in [1.807, 2.05) is 0 Å². The molecule has 1 unspecified atom stereocenters. The van der Waals surface area contributed by atoms with Crippen molar-refractivity contribution in [2.75, 3.05) is 19.6 Å². The summed E-state index contributed by atoms with van der Waals surface area (Å²) >= 11 is 0. The first-order chi connectivity index (χ1) is 9.70. The van der Waals surface area contributed by atoms with Gasteiger partial charge in [-0.3, -0.25) is 16.0 Å². The van der Waals surface area contributed by atoms with Gasteiger partial charge in [-0.05, 0) is 51.7 Å². The molecule has 20 heavy (non-hydrogen) atoms. The van der Waals surface area contributed by atoms with Gasteiger partial charge in [-0.1, -0.05) is 33.6 Å². The molecule has 0 aromatic carbocycles. The molecule has 120 valence electrons. The van der Waals surface area contributed by atoms with Crippen LogP contribution in [0.1, 0.15) is 65.7 Å². The van der Waals surface area contributed by atoms with Crippen molar-refractivity contribution in [2.24, 2.45) is 0 Å². The zero-order valence-electron chi connectivity index (χ0n) is 14.1. The summed E-state index contributed by atoms with van der Waals surface area (Å²) in [6.07, 6.45) is 8.59. The van der Waals surface area contributed by atoms with Crippen LogP contribution in [-0.4, -0.2) is 41.4 Å². The van der Waals surface area contributed by atoms with Crippen molar-refractivity contribution < 1.29 is 0 Å². The highest BCUT2D eigenvalue weighted by Gasteiger charge is 2.50. The van der Waals surface area contributed by atoms with Crippen LogP contribution in [0.25, 0.3) is 0 Å². The Morgan fingerprint density at radius 3 is 1.55 bits per heavy atom. The van der Waals surface area contributed by atoms with E-state index in [0.717, 1.165) is 30.0 Å². The average molecular weight is 301 g/mol. The van der Waals surface area contributed by atoms with Gasteiger partial charge in [-0.15, -0.1) is 0 Å². The monoisotopic (exact) mass is 300 g/mol. The van der Waals surface area contributed by atoms with Crippen LogP contribution in [0.4, 0.5) is 0 Å². The third kappa shape index (κ3) is 4.04. The van der Waals surface area contributed by atoms with Crippen molar-refractivity contribution in [3.05, 3.63) is 0 Å². The Morgan fingerprint density at radius 2 is 1.15 bits per heavy atom. The van der Waals surface area contributed by atoms with Crippen LogP contribution < -0.4 is 20.9 Å². The van der Waals surface area contributed by atoms with Crippen molar-refractivity contribution >= 4 is 10.4 Å².